The summed E-state index contributed by atoms with van der Waals surface area (Å²) < 4.78 is 6.23. The highest BCUT2D eigenvalue weighted by atomic mass is 28.4. The van der Waals surface area contributed by atoms with Gasteiger partial charge in [-0.15, -0.1) is 0 Å². The van der Waals surface area contributed by atoms with E-state index in [1.165, 1.54) is 0 Å². The Kier molecular flexibility index (Phi) is 3.59. The molecule has 0 aliphatic carbocycles. The van der Waals surface area contributed by atoms with Crippen molar-refractivity contribution in [3.05, 3.63) is 11.4 Å². The lowest BCUT2D eigenvalue weighted by atomic mass is 10.2. The van der Waals surface area contributed by atoms with E-state index in [1.807, 2.05) is 0 Å². The maximum atomic E-state index is 7.11. The first-order chi connectivity index (χ1) is 6.78. The van der Waals surface area contributed by atoms with Crippen LogP contribution in [0.5, 0.6) is 0 Å². The molecule has 1 saturated heterocycles. The van der Waals surface area contributed by atoms with Crippen LogP contribution in [0.2, 0.25) is 18.1 Å². The molecule has 0 aromatic rings. The lowest BCUT2D eigenvalue weighted by Gasteiger charge is -2.38. The number of hydrogen-bond donors (Lipinski definition) is 1. The van der Waals surface area contributed by atoms with Gasteiger partial charge >= 0.3 is 0 Å². The van der Waals surface area contributed by atoms with E-state index in [0.29, 0.717) is 0 Å². The molecule has 1 N–H and O–H groups in total. The summed E-state index contributed by atoms with van der Waals surface area (Å²) >= 11 is 0. The van der Waals surface area contributed by atoms with Crippen LogP contribution in [0.1, 0.15) is 20.8 Å². The molecule has 1 rings (SSSR count). The van der Waals surface area contributed by atoms with Gasteiger partial charge in [0.2, 0.25) is 0 Å². The minimum absolute atomic E-state index is 0.0131. The molecule has 0 unspecified atom stereocenters. The van der Waals surface area contributed by atoms with Crippen molar-refractivity contribution in [1.82, 2.24) is 5.32 Å². The van der Waals surface area contributed by atoms with Gasteiger partial charge in [0.05, 0.1) is 6.54 Å². The molecule has 0 spiro atoms. The molecule has 0 amide bonds. The van der Waals surface area contributed by atoms with E-state index in [0.717, 1.165) is 13.1 Å². The van der Waals surface area contributed by atoms with Gasteiger partial charge in [-0.25, -0.2) is 6.57 Å². The summed E-state index contributed by atoms with van der Waals surface area (Å²) in [4.78, 5) is 3.62. The van der Waals surface area contributed by atoms with E-state index in [1.54, 1.807) is 0 Å². The van der Waals surface area contributed by atoms with Crippen LogP contribution in [0.15, 0.2) is 0 Å². The van der Waals surface area contributed by atoms with E-state index >= 15 is 0 Å². The average Bonchev–Trinajstić information content (AvgIpc) is 2.48. The summed E-state index contributed by atoms with van der Waals surface area (Å²) in [5, 5.41) is 3.46. The molecule has 3 nitrogen and oxygen atoms in total. The zero-order chi connectivity index (χ0) is 11.7. The minimum atomic E-state index is -1.71. The molecule has 0 aromatic carbocycles. The summed E-state index contributed by atoms with van der Waals surface area (Å²) in [6.07, 6.45) is 0.100. The number of hydrogen-bond acceptors (Lipinski definition) is 2. The third kappa shape index (κ3) is 2.80. The smallest absolute Gasteiger partial charge is 0.261 e. The summed E-state index contributed by atoms with van der Waals surface area (Å²) in [5.74, 6) is 0. The Balaban J connectivity index is 2.66. The molecule has 4 heteroatoms. The molecule has 1 aliphatic rings. The zero-order valence-corrected chi connectivity index (χ0v) is 11.4. The van der Waals surface area contributed by atoms with Crippen molar-refractivity contribution >= 4 is 8.32 Å². The molecular weight excluding hydrogens is 204 g/mol. The molecule has 2 atom stereocenters. The minimum Gasteiger partial charge on any atom is -0.405 e. The lowest BCUT2D eigenvalue weighted by Crippen LogP contribution is -2.46. The van der Waals surface area contributed by atoms with E-state index in [-0.39, 0.29) is 17.2 Å². The average molecular weight is 226 g/mol. The van der Waals surface area contributed by atoms with Crippen molar-refractivity contribution in [2.45, 2.75) is 51.0 Å². The molecule has 1 fully saturated rings. The molecule has 0 bridgehead atoms. The monoisotopic (exact) mass is 226 g/mol. The first-order valence-electron chi connectivity index (χ1n) is 5.53. The first kappa shape index (κ1) is 12.7. The van der Waals surface area contributed by atoms with Crippen LogP contribution >= 0.6 is 0 Å². The summed E-state index contributed by atoms with van der Waals surface area (Å²) in [6, 6.07) is 0.0131. The topological polar surface area (TPSA) is 25.6 Å². The third-order valence-corrected chi connectivity index (χ3v) is 8.05. The van der Waals surface area contributed by atoms with Crippen LogP contribution < -0.4 is 5.32 Å². The number of nitrogens with zero attached hydrogens (tertiary/aromatic N) is 1. The fraction of sp³-hybridized carbons (Fsp3) is 0.909. The molecule has 0 saturated carbocycles. The maximum absolute atomic E-state index is 7.11. The molecule has 1 heterocycles. The van der Waals surface area contributed by atoms with Gasteiger partial charge in [-0.2, -0.15) is 0 Å². The highest BCUT2D eigenvalue weighted by Crippen LogP contribution is 2.38. The second kappa shape index (κ2) is 4.24. The standard InChI is InChI=1S/C11H22N2OSi/c1-11(2,3)15(5,6)14-10-8-13-7-9(10)12-4/h9-10,13H,7-8H2,1-3,5-6H3/t9-,10-/m0/s1. The van der Waals surface area contributed by atoms with Crippen LogP contribution in [0.3, 0.4) is 0 Å². The Morgan fingerprint density at radius 2 is 1.93 bits per heavy atom. The normalized spacial score (nSPS) is 27.7. The summed E-state index contributed by atoms with van der Waals surface area (Å²) in [7, 11) is -1.71. The highest BCUT2D eigenvalue weighted by molar-refractivity contribution is 6.74. The Morgan fingerprint density at radius 3 is 2.40 bits per heavy atom. The third-order valence-electron chi connectivity index (χ3n) is 3.55. The molecule has 0 aromatic heterocycles. The van der Waals surface area contributed by atoms with Crippen molar-refractivity contribution in [2.24, 2.45) is 0 Å². The van der Waals surface area contributed by atoms with Crippen molar-refractivity contribution in [3.63, 3.8) is 0 Å². The molecule has 15 heavy (non-hydrogen) atoms. The van der Waals surface area contributed by atoms with E-state index in [2.05, 4.69) is 44.0 Å². The van der Waals surface area contributed by atoms with Crippen molar-refractivity contribution in [2.75, 3.05) is 13.1 Å². The van der Waals surface area contributed by atoms with Gasteiger partial charge in [0.1, 0.15) is 6.10 Å². The van der Waals surface area contributed by atoms with Crippen molar-refractivity contribution in [3.8, 4) is 0 Å². The Hall–Kier alpha value is -0.373. The predicted molar refractivity (Wildman–Crippen MR) is 65.3 cm³/mol. The SMILES string of the molecule is [C-]#[N+][C@H]1CNC[C@@H]1O[Si](C)(C)C(C)(C)C. The van der Waals surface area contributed by atoms with E-state index in [9.17, 15) is 0 Å². The first-order valence-corrected chi connectivity index (χ1v) is 8.44. The zero-order valence-electron chi connectivity index (χ0n) is 10.4. The van der Waals surface area contributed by atoms with Crippen LogP contribution in [-0.4, -0.2) is 33.6 Å². The summed E-state index contributed by atoms with van der Waals surface area (Å²) in [5.41, 5.74) is 0. The van der Waals surface area contributed by atoms with Crippen LogP contribution in [0, 0.1) is 6.57 Å². The van der Waals surface area contributed by atoms with E-state index in [4.69, 9.17) is 11.0 Å². The van der Waals surface area contributed by atoms with Gasteiger partial charge in [0, 0.05) is 6.54 Å². The van der Waals surface area contributed by atoms with Gasteiger partial charge in [-0.3, -0.25) is 0 Å². The van der Waals surface area contributed by atoms with Crippen LogP contribution in [0.25, 0.3) is 4.85 Å². The molecule has 86 valence electrons. The quantitative estimate of drug-likeness (QED) is 0.577. The maximum Gasteiger partial charge on any atom is 0.261 e. The van der Waals surface area contributed by atoms with Crippen molar-refractivity contribution in [1.29, 1.82) is 0 Å². The van der Waals surface area contributed by atoms with Crippen LogP contribution in [0.4, 0.5) is 0 Å². The van der Waals surface area contributed by atoms with Crippen molar-refractivity contribution < 1.29 is 4.43 Å². The van der Waals surface area contributed by atoms with Gasteiger partial charge in [-0.05, 0) is 18.1 Å². The summed E-state index contributed by atoms with van der Waals surface area (Å²) in [6.45, 7) is 19.9. The second-order valence-electron chi connectivity index (χ2n) is 5.77. The van der Waals surface area contributed by atoms with Gasteiger partial charge in [0.15, 0.2) is 8.32 Å². The van der Waals surface area contributed by atoms with Crippen LogP contribution in [-0.2, 0) is 4.43 Å². The van der Waals surface area contributed by atoms with Gasteiger partial charge in [-0.1, -0.05) is 20.8 Å². The lowest BCUT2D eigenvalue weighted by molar-refractivity contribution is 0.194. The molecule has 0 radical (unpaired) electrons. The number of nitrogens with one attached hydrogen (secondary N) is 1. The Morgan fingerprint density at radius 1 is 1.33 bits per heavy atom. The fourth-order valence-corrected chi connectivity index (χ4v) is 2.80. The number of rotatable bonds is 2. The Bertz CT molecular complexity index is 265. The van der Waals surface area contributed by atoms with E-state index < -0.39 is 8.32 Å². The van der Waals surface area contributed by atoms with Gasteiger partial charge < -0.3 is 14.6 Å². The Labute approximate surface area is 94.2 Å². The second-order valence-corrected chi connectivity index (χ2v) is 10.5. The molecular formula is C11H22N2OSi. The molecule has 1 aliphatic heterocycles. The largest absolute Gasteiger partial charge is 0.405 e. The predicted octanol–water partition coefficient (Wildman–Crippen LogP) is 2.27. The van der Waals surface area contributed by atoms with Gasteiger partial charge in [0.25, 0.3) is 6.04 Å². The highest BCUT2D eigenvalue weighted by Gasteiger charge is 2.43. The fourth-order valence-electron chi connectivity index (χ4n) is 1.45.